The number of nitrogens with one attached hydrogen (secondary N) is 1. The van der Waals surface area contributed by atoms with E-state index in [2.05, 4.69) is 16.9 Å². The second kappa shape index (κ2) is 7.40. The van der Waals surface area contributed by atoms with Crippen molar-refractivity contribution in [2.24, 2.45) is 0 Å². The van der Waals surface area contributed by atoms with E-state index in [-0.39, 0.29) is 16.7 Å². The van der Waals surface area contributed by atoms with Crippen LogP contribution in [0.3, 0.4) is 0 Å². The number of carbonyl (C=O) groups excluding carboxylic acids is 1. The minimum absolute atomic E-state index is 0.00286. The van der Waals surface area contributed by atoms with Gasteiger partial charge in [0.15, 0.2) is 5.16 Å². The molecule has 1 N–H and O–H groups in total. The van der Waals surface area contributed by atoms with Gasteiger partial charge in [-0.2, -0.15) is 0 Å². The molecule has 1 atom stereocenters. The van der Waals surface area contributed by atoms with E-state index in [1.165, 1.54) is 11.8 Å². The molecular formula is C17H18ClN3O2S. The molecule has 2 aromatic rings. The SMILES string of the molecule is C=CCn1c(SC2CCCCNC2=O)nc2cc(Cl)ccc2c1=O. The number of allylic oxidation sites excluding steroid dienone is 1. The smallest absolute Gasteiger partial charge is 0.262 e. The van der Waals surface area contributed by atoms with Gasteiger partial charge in [0, 0.05) is 18.1 Å². The van der Waals surface area contributed by atoms with E-state index in [9.17, 15) is 9.59 Å². The van der Waals surface area contributed by atoms with Crippen molar-refractivity contribution in [1.29, 1.82) is 0 Å². The number of fused-ring (bicyclic) bond motifs is 1. The molecule has 0 aliphatic carbocycles. The first kappa shape index (κ1) is 17.0. The van der Waals surface area contributed by atoms with Crippen molar-refractivity contribution >= 4 is 40.2 Å². The summed E-state index contributed by atoms with van der Waals surface area (Å²) in [5, 5.41) is 4.23. The second-order valence-corrected chi connectivity index (χ2v) is 7.26. The number of hydrogen-bond donors (Lipinski definition) is 1. The predicted molar refractivity (Wildman–Crippen MR) is 97.7 cm³/mol. The van der Waals surface area contributed by atoms with Gasteiger partial charge in [-0.1, -0.05) is 35.9 Å². The highest BCUT2D eigenvalue weighted by atomic mass is 35.5. The van der Waals surface area contributed by atoms with Gasteiger partial charge in [0.25, 0.3) is 5.56 Å². The van der Waals surface area contributed by atoms with Crippen LogP contribution in [0.4, 0.5) is 0 Å². The maximum absolute atomic E-state index is 12.8. The minimum Gasteiger partial charge on any atom is -0.355 e. The van der Waals surface area contributed by atoms with Gasteiger partial charge >= 0.3 is 0 Å². The predicted octanol–water partition coefficient (Wildman–Crippen LogP) is 3.00. The van der Waals surface area contributed by atoms with Crippen LogP contribution in [0.15, 0.2) is 40.8 Å². The lowest BCUT2D eigenvalue weighted by molar-refractivity contribution is -0.120. The van der Waals surface area contributed by atoms with Crippen molar-refractivity contribution in [2.75, 3.05) is 6.54 Å². The average molecular weight is 364 g/mol. The first-order valence-corrected chi connectivity index (χ1v) is 9.11. The molecule has 1 aromatic carbocycles. The summed E-state index contributed by atoms with van der Waals surface area (Å²) in [6.45, 7) is 4.76. The number of thioether (sulfide) groups is 1. The highest BCUT2D eigenvalue weighted by Gasteiger charge is 2.24. The molecule has 0 spiro atoms. The van der Waals surface area contributed by atoms with Crippen LogP contribution in [0.1, 0.15) is 19.3 Å². The largest absolute Gasteiger partial charge is 0.355 e. The third kappa shape index (κ3) is 3.49. The lowest BCUT2D eigenvalue weighted by Gasteiger charge is -2.16. The fourth-order valence-electron chi connectivity index (χ4n) is 2.70. The van der Waals surface area contributed by atoms with Gasteiger partial charge in [-0.3, -0.25) is 14.2 Å². The van der Waals surface area contributed by atoms with Crippen molar-refractivity contribution in [2.45, 2.75) is 36.2 Å². The molecule has 0 saturated carbocycles. The van der Waals surface area contributed by atoms with Crippen molar-refractivity contribution < 1.29 is 4.79 Å². The van der Waals surface area contributed by atoms with Crippen LogP contribution in [0.25, 0.3) is 10.9 Å². The lowest BCUT2D eigenvalue weighted by atomic mass is 10.2. The number of hydrogen-bond acceptors (Lipinski definition) is 4. The van der Waals surface area contributed by atoms with E-state index >= 15 is 0 Å². The molecule has 1 aliphatic heterocycles. The summed E-state index contributed by atoms with van der Waals surface area (Å²) < 4.78 is 1.56. The molecule has 3 rings (SSSR count). The standard InChI is InChI=1S/C17H18ClN3O2S/c1-2-9-21-16(23)12-7-6-11(18)10-13(12)20-17(21)24-14-5-3-4-8-19-15(14)22/h2,6-7,10,14H,1,3-5,8-9H2,(H,19,22). The average Bonchev–Trinajstić information content (AvgIpc) is 2.75. The van der Waals surface area contributed by atoms with Crippen LogP contribution in [-0.2, 0) is 11.3 Å². The Morgan fingerprint density at radius 3 is 3.04 bits per heavy atom. The molecule has 1 aromatic heterocycles. The van der Waals surface area contributed by atoms with Gasteiger partial charge in [-0.15, -0.1) is 6.58 Å². The van der Waals surface area contributed by atoms with Crippen LogP contribution in [0.2, 0.25) is 5.02 Å². The maximum atomic E-state index is 12.8. The first-order chi connectivity index (χ1) is 11.6. The summed E-state index contributed by atoms with van der Waals surface area (Å²) in [5.41, 5.74) is 0.400. The second-order valence-electron chi connectivity index (χ2n) is 5.65. The number of carbonyl (C=O) groups is 1. The van der Waals surface area contributed by atoms with Crippen molar-refractivity contribution in [1.82, 2.24) is 14.9 Å². The molecule has 1 amide bonds. The number of aromatic nitrogens is 2. The minimum atomic E-state index is -0.243. The van der Waals surface area contributed by atoms with Crippen LogP contribution < -0.4 is 10.9 Å². The van der Waals surface area contributed by atoms with Crippen molar-refractivity contribution in [3.8, 4) is 0 Å². The molecule has 126 valence electrons. The zero-order valence-corrected chi connectivity index (χ0v) is 14.7. The molecule has 1 fully saturated rings. The molecule has 0 radical (unpaired) electrons. The van der Waals surface area contributed by atoms with E-state index in [1.807, 2.05) is 0 Å². The van der Waals surface area contributed by atoms with Gasteiger partial charge in [-0.25, -0.2) is 4.98 Å². The number of halogens is 1. The third-order valence-corrected chi connectivity index (χ3v) is 5.42. The Hall–Kier alpha value is -1.79. The quantitative estimate of drug-likeness (QED) is 0.670. The Balaban J connectivity index is 2.07. The normalized spacial score (nSPS) is 18.2. The Labute approximate surface area is 149 Å². The fourth-order valence-corrected chi connectivity index (χ4v) is 4.04. The molecule has 1 aliphatic rings. The summed E-state index contributed by atoms with van der Waals surface area (Å²) in [6.07, 6.45) is 4.38. The highest BCUT2D eigenvalue weighted by molar-refractivity contribution is 8.00. The number of nitrogens with zero attached hydrogens (tertiary/aromatic N) is 2. The Morgan fingerprint density at radius 2 is 2.25 bits per heavy atom. The van der Waals surface area contributed by atoms with E-state index in [4.69, 9.17) is 11.6 Å². The maximum Gasteiger partial charge on any atom is 0.262 e. The monoisotopic (exact) mass is 363 g/mol. The van der Waals surface area contributed by atoms with Gasteiger partial charge in [0.1, 0.15) is 0 Å². The van der Waals surface area contributed by atoms with E-state index in [0.717, 1.165) is 19.3 Å². The van der Waals surface area contributed by atoms with E-state index < -0.39 is 0 Å². The summed E-state index contributed by atoms with van der Waals surface area (Å²) in [6, 6.07) is 5.03. The van der Waals surface area contributed by atoms with Crippen LogP contribution in [0, 0.1) is 0 Å². The van der Waals surface area contributed by atoms with Crippen molar-refractivity contribution in [3.05, 3.63) is 46.2 Å². The third-order valence-electron chi connectivity index (χ3n) is 3.93. The van der Waals surface area contributed by atoms with E-state index in [1.54, 1.807) is 28.8 Å². The molecular weight excluding hydrogens is 346 g/mol. The lowest BCUT2D eigenvalue weighted by Crippen LogP contribution is -2.32. The Morgan fingerprint density at radius 1 is 1.42 bits per heavy atom. The number of rotatable bonds is 4. The molecule has 5 nitrogen and oxygen atoms in total. The van der Waals surface area contributed by atoms with Crippen LogP contribution >= 0.6 is 23.4 Å². The Bertz CT molecular complexity index is 850. The van der Waals surface area contributed by atoms with Crippen LogP contribution in [-0.4, -0.2) is 27.3 Å². The van der Waals surface area contributed by atoms with Gasteiger partial charge in [-0.05, 0) is 31.0 Å². The molecule has 1 saturated heterocycles. The summed E-state index contributed by atoms with van der Waals surface area (Å²) in [4.78, 5) is 29.6. The van der Waals surface area contributed by atoms with Crippen molar-refractivity contribution in [3.63, 3.8) is 0 Å². The number of benzene rings is 1. The van der Waals surface area contributed by atoms with Gasteiger partial charge in [0.05, 0.1) is 16.2 Å². The zero-order valence-electron chi connectivity index (χ0n) is 13.1. The summed E-state index contributed by atoms with van der Waals surface area (Å²) in [7, 11) is 0. The van der Waals surface area contributed by atoms with Gasteiger partial charge in [0.2, 0.25) is 5.91 Å². The molecule has 0 bridgehead atoms. The number of amides is 1. The molecule has 1 unspecified atom stereocenters. The highest BCUT2D eigenvalue weighted by Crippen LogP contribution is 2.28. The molecule has 7 heteroatoms. The Kier molecular flexibility index (Phi) is 5.26. The zero-order chi connectivity index (χ0) is 17.1. The van der Waals surface area contributed by atoms with Gasteiger partial charge < -0.3 is 5.32 Å². The topological polar surface area (TPSA) is 64.0 Å². The molecule has 2 heterocycles. The molecule has 24 heavy (non-hydrogen) atoms. The summed E-state index contributed by atoms with van der Waals surface area (Å²) in [5.74, 6) is 0.00286. The fraction of sp³-hybridized carbons (Fsp3) is 0.353. The van der Waals surface area contributed by atoms with Crippen LogP contribution in [0.5, 0.6) is 0 Å². The first-order valence-electron chi connectivity index (χ1n) is 7.85. The summed E-state index contributed by atoms with van der Waals surface area (Å²) >= 11 is 7.36. The van der Waals surface area contributed by atoms with E-state index in [0.29, 0.717) is 34.2 Å².